The highest BCUT2D eigenvalue weighted by Crippen LogP contribution is 2.22. The van der Waals surface area contributed by atoms with Crippen molar-refractivity contribution >= 4 is 15.7 Å². The molecule has 0 heterocycles. The molecule has 0 aromatic heterocycles. The normalized spacial score (nSPS) is 12.5. The van der Waals surface area contributed by atoms with Gasteiger partial charge in [-0.2, -0.15) is 0 Å². The van der Waals surface area contributed by atoms with E-state index in [4.69, 9.17) is 4.74 Å². The molecule has 1 N–H and O–H groups in total. The number of amides is 1. The summed E-state index contributed by atoms with van der Waals surface area (Å²) in [6.45, 7) is 3.57. The second-order valence-electron chi connectivity index (χ2n) is 6.07. The van der Waals surface area contributed by atoms with Crippen molar-refractivity contribution in [3.63, 3.8) is 0 Å². The van der Waals surface area contributed by atoms with Crippen LogP contribution in [0.5, 0.6) is 5.75 Å². The molecule has 5 nitrogen and oxygen atoms in total. The van der Waals surface area contributed by atoms with Crippen LogP contribution in [0.15, 0.2) is 47.4 Å². The van der Waals surface area contributed by atoms with Gasteiger partial charge in [-0.05, 0) is 43.7 Å². The average Bonchev–Trinajstić information content (AvgIpc) is 2.60. The van der Waals surface area contributed by atoms with E-state index in [1.165, 1.54) is 31.4 Å². The Morgan fingerprint density at radius 2 is 1.85 bits per heavy atom. The summed E-state index contributed by atoms with van der Waals surface area (Å²) in [5.74, 6) is -1.10. The van der Waals surface area contributed by atoms with Crippen molar-refractivity contribution < 1.29 is 22.3 Å². The van der Waals surface area contributed by atoms with E-state index in [1.807, 2.05) is 6.92 Å². The van der Waals surface area contributed by atoms with Gasteiger partial charge in [0.05, 0.1) is 23.8 Å². The van der Waals surface area contributed by atoms with Crippen LogP contribution in [0.3, 0.4) is 0 Å². The number of hydrogen-bond donors (Lipinski definition) is 1. The molecule has 0 saturated heterocycles. The number of carbonyl (C=O) groups excluding carboxylic acids is 1. The lowest BCUT2D eigenvalue weighted by atomic mass is 10.1. The summed E-state index contributed by atoms with van der Waals surface area (Å²) in [6.07, 6.45) is -0.167. The Labute approximate surface area is 153 Å². The number of halogens is 1. The molecule has 0 spiro atoms. The van der Waals surface area contributed by atoms with E-state index >= 15 is 0 Å². The molecule has 0 aliphatic rings. The van der Waals surface area contributed by atoms with Gasteiger partial charge >= 0.3 is 0 Å². The van der Waals surface area contributed by atoms with Crippen molar-refractivity contribution in [1.29, 1.82) is 0 Å². The minimum Gasteiger partial charge on any atom is -0.494 e. The van der Waals surface area contributed by atoms with Crippen molar-refractivity contribution in [2.24, 2.45) is 0 Å². The van der Waals surface area contributed by atoms with Gasteiger partial charge in [0, 0.05) is 6.42 Å². The molecule has 0 bridgehead atoms. The Morgan fingerprint density at radius 1 is 1.19 bits per heavy atom. The first-order valence-corrected chi connectivity index (χ1v) is 9.80. The quantitative estimate of drug-likeness (QED) is 0.802. The highest BCUT2D eigenvalue weighted by molar-refractivity contribution is 7.91. The number of hydrogen-bond acceptors (Lipinski definition) is 4. The summed E-state index contributed by atoms with van der Waals surface area (Å²) in [6, 6.07) is 10.5. The highest BCUT2D eigenvalue weighted by atomic mass is 32.2. The van der Waals surface area contributed by atoms with E-state index in [2.05, 4.69) is 5.32 Å². The van der Waals surface area contributed by atoms with Gasteiger partial charge < -0.3 is 10.1 Å². The molecule has 0 aliphatic carbocycles. The van der Waals surface area contributed by atoms with Gasteiger partial charge in [-0.15, -0.1) is 0 Å². The van der Waals surface area contributed by atoms with Crippen LogP contribution in [0, 0.1) is 12.7 Å². The first-order chi connectivity index (χ1) is 12.2. The molecule has 0 unspecified atom stereocenters. The van der Waals surface area contributed by atoms with Crippen LogP contribution in [0.4, 0.5) is 4.39 Å². The molecule has 2 rings (SSSR count). The third-order valence-corrected chi connectivity index (χ3v) is 5.76. The van der Waals surface area contributed by atoms with Gasteiger partial charge in [-0.3, -0.25) is 4.79 Å². The van der Waals surface area contributed by atoms with E-state index in [0.717, 1.165) is 5.56 Å². The zero-order chi connectivity index (χ0) is 19.3. The zero-order valence-corrected chi connectivity index (χ0v) is 15.8. The topological polar surface area (TPSA) is 72.5 Å². The lowest BCUT2D eigenvalue weighted by Gasteiger charge is -2.15. The van der Waals surface area contributed by atoms with Crippen LogP contribution >= 0.6 is 0 Å². The Kier molecular flexibility index (Phi) is 6.37. The largest absolute Gasteiger partial charge is 0.494 e. The van der Waals surface area contributed by atoms with Gasteiger partial charge in [0.2, 0.25) is 5.91 Å². The number of nitrogens with one attached hydrogen (secondary N) is 1. The van der Waals surface area contributed by atoms with Crippen molar-refractivity contribution in [2.45, 2.75) is 31.2 Å². The summed E-state index contributed by atoms with van der Waals surface area (Å²) in [4.78, 5) is 12.3. The molecule has 1 amide bonds. The summed E-state index contributed by atoms with van der Waals surface area (Å²) in [7, 11) is -2.15. The van der Waals surface area contributed by atoms with Gasteiger partial charge in [-0.25, -0.2) is 12.8 Å². The van der Waals surface area contributed by atoms with Crippen molar-refractivity contribution in [3.05, 3.63) is 59.4 Å². The molecular weight excluding hydrogens is 357 g/mol. The Bertz CT molecular complexity index is 879. The molecule has 1 atom stereocenters. The number of carbonyl (C=O) groups is 1. The van der Waals surface area contributed by atoms with Crippen LogP contribution in [-0.2, 0) is 14.6 Å². The monoisotopic (exact) mass is 379 g/mol. The standard InChI is InChI=1S/C19H22FNO4S/c1-13-4-7-16(8-5-13)26(23,24)11-10-19(22)21-14(2)15-6-9-18(25-3)17(20)12-15/h4-9,12,14H,10-11H2,1-3H3,(H,21,22)/t14-/m0/s1. The van der Waals surface area contributed by atoms with Crippen molar-refractivity contribution in [1.82, 2.24) is 5.32 Å². The summed E-state index contributed by atoms with van der Waals surface area (Å²) >= 11 is 0. The SMILES string of the molecule is COc1ccc([C@H](C)NC(=O)CCS(=O)(=O)c2ccc(C)cc2)cc1F. The minimum atomic E-state index is -3.53. The predicted molar refractivity (Wildman–Crippen MR) is 97.4 cm³/mol. The maximum atomic E-state index is 13.8. The molecule has 0 saturated carbocycles. The Balaban J connectivity index is 1.95. The molecule has 2 aromatic carbocycles. The van der Waals surface area contributed by atoms with E-state index in [9.17, 15) is 17.6 Å². The number of sulfone groups is 1. The van der Waals surface area contributed by atoms with Gasteiger partial charge in [0.15, 0.2) is 21.4 Å². The fraction of sp³-hybridized carbons (Fsp3) is 0.316. The Morgan fingerprint density at radius 3 is 2.42 bits per heavy atom. The molecule has 0 radical (unpaired) electrons. The molecule has 26 heavy (non-hydrogen) atoms. The lowest BCUT2D eigenvalue weighted by molar-refractivity contribution is -0.121. The second kappa shape index (κ2) is 8.31. The van der Waals surface area contributed by atoms with Crippen molar-refractivity contribution in [2.75, 3.05) is 12.9 Å². The lowest BCUT2D eigenvalue weighted by Crippen LogP contribution is -2.28. The van der Waals surface area contributed by atoms with Crippen LogP contribution in [0.1, 0.15) is 30.5 Å². The summed E-state index contributed by atoms with van der Waals surface area (Å²) in [5.41, 5.74) is 1.53. The third-order valence-electron chi connectivity index (χ3n) is 4.03. The smallest absolute Gasteiger partial charge is 0.221 e. The number of benzene rings is 2. The van der Waals surface area contributed by atoms with Crippen LogP contribution < -0.4 is 10.1 Å². The second-order valence-corrected chi connectivity index (χ2v) is 8.17. The fourth-order valence-electron chi connectivity index (χ4n) is 2.44. The Hall–Kier alpha value is -2.41. The van der Waals surface area contributed by atoms with Gasteiger partial charge in [0.25, 0.3) is 0 Å². The zero-order valence-electron chi connectivity index (χ0n) is 15.0. The van der Waals surface area contributed by atoms with E-state index in [-0.39, 0.29) is 22.8 Å². The minimum absolute atomic E-state index is 0.122. The maximum Gasteiger partial charge on any atom is 0.221 e. The van der Waals surface area contributed by atoms with Crippen LogP contribution in [0.2, 0.25) is 0 Å². The average molecular weight is 379 g/mol. The number of methoxy groups -OCH3 is 1. The van der Waals surface area contributed by atoms with Crippen LogP contribution in [-0.4, -0.2) is 27.2 Å². The number of aryl methyl sites for hydroxylation is 1. The molecule has 2 aromatic rings. The van der Waals surface area contributed by atoms with E-state index in [0.29, 0.717) is 5.56 Å². The van der Waals surface area contributed by atoms with Crippen LogP contribution in [0.25, 0.3) is 0 Å². The molecular formula is C19H22FNO4S. The van der Waals surface area contributed by atoms with Crippen molar-refractivity contribution in [3.8, 4) is 5.75 Å². The molecule has 0 aliphatic heterocycles. The third kappa shape index (κ3) is 5.05. The van der Waals surface area contributed by atoms with Gasteiger partial charge in [-0.1, -0.05) is 23.8 Å². The highest BCUT2D eigenvalue weighted by Gasteiger charge is 2.18. The summed E-state index contributed by atoms with van der Waals surface area (Å²) < 4.78 is 43.2. The first kappa shape index (κ1) is 19.9. The first-order valence-electron chi connectivity index (χ1n) is 8.15. The van der Waals surface area contributed by atoms with E-state index < -0.39 is 27.6 Å². The predicted octanol–water partition coefficient (Wildman–Crippen LogP) is 3.18. The van der Waals surface area contributed by atoms with Gasteiger partial charge in [0.1, 0.15) is 0 Å². The van der Waals surface area contributed by atoms with E-state index in [1.54, 1.807) is 25.1 Å². The molecule has 0 fully saturated rings. The molecule has 7 heteroatoms. The summed E-state index contributed by atoms with van der Waals surface area (Å²) in [5, 5.41) is 2.68. The molecule has 140 valence electrons. The number of ether oxygens (including phenoxy) is 1. The maximum absolute atomic E-state index is 13.8. The number of rotatable bonds is 7. The fourth-order valence-corrected chi connectivity index (χ4v) is 3.68.